The highest BCUT2D eigenvalue weighted by molar-refractivity contribution is 7.89. The number of sulfonamides is 1. The summed E-state index contributed by atoms with van der Waals surface area (Å²) in [7, 11) is -1.72. The van der Waals surface area contributed by atoms with Crippen molar-refractivity contribution in [2.45, 2.75) is 44.0 Å². The molecule has 3 rings (SSSR count). The lowest BCUT2D eigenvalue weighted by molar-refractivity contribution is 0.547. The van der Waals surface area contributed by atoms with Gasteiger partial charge in [-0.25, -0.2) is 13.6 Å². The molecule has 0 bridgehead atoms. The first-order valence-corrected chi connectivity index (χ1v) is 9.54. The fourth-order valence-corrected chi connectivity index (χ4v) is 3.84. The van der Waals surface area contributed by atoms with Gasteiger partial charge in [0.1, 0.15) is 0 Å². The number of primary sulfonamides is 1. The van der Waals surface area contributed by atoms with Gasteiger partial charge in [0, 0.05) is 43.0 Å². The first-order chi connectivity index (χ1) is 11.1. The molecule has 7 heteroatoms. The van der Waals surface area contributed by atoms with Gasteiger partial charge in [0.25, 0.3) is 0 Å². The summed E-state index contributed by atoms with van der Waals surface area (Å²) in [5, 5.41) is 9.85. The summed E-state index contributed by atoms with van der Waals surface area (Å²) in [4.78, 5) is 2.45. The van der Waals surface area contributed by atoms with Crippen LogP contribution in [0, 0.1) is 0 Å². The third-order valence-corrected chi connectivity index (χ3v) is 5.26. The molecule has 1 aromatic heterocycles. The van der Waals surface area contributed by atoms with Crippen molar-refractivity contribution >= 4 is 15.7 Å². The van der Waals surface area contributed by atoms with E-state index in [-0.39, 0.29) is 10.3 Å². The quantitative estimate of drug-likeness (QED) is 0.919. The van der Waals surface area contributed by atoms with Crippen molar-refractivity contribution in [3.8, 4) is 0 Å². The average molecular weight is 348 g/mol. The molecule has 2 N–H and O–H groups in total. The molecular weight excluding hydrogens is 324 g/mol. The molecule has 130 valence electrons. The van der Waals surface area contributed by atoms with Crippen LogP contribution in [0.2, 0.25) is 0 Å². The van der Waals surface area contributed by atoms with Crippen LogP contribution in [-0.4, -0.2) is 24.7 Å². The van der Waals surface area contributed by atoms with E-state index in [0.29, 0.717) is 0 Å². The van der Waals surface area contributed by atoms with Gasteiger partial charge in [-0.1, -0.05) is 20.8 Å². The molecule has 0 atom stereocenters. The van der Waals surface area contributed by atoms with E-state index in [1.807, 2.05) is 17.8 Å². The third-order valence-electron chi connectivity index (χ3n) is 4.35. The van der Waals surface area contributed by atoms with Gasteiger partial charge in [-0.3, -0.25) is 4.68 Å². The Labute approximate surface area is 143 Å². The number of hydrogen-bond acceptors (Lipinski definition) is 4. The van der Waals surface area contributed by atoms with E-state index in [2.05, 4.69) is 37.0 Å². The molecule has 0 aliphatic carbocycles. The minimum absolute atomic E-state index is 0.0172. The van der Waals surface area contributed by atoms with Crippen LogP contribution in [0.15, 0.2) is 29.3 Å². The fourth-order valence-electron chi connectivity index (χ4n) is 3.28. The van der Waals surface area contributed by atoms with Gasteiger partial charge in [-0.2, -0.15) is 5.10 Å². The van der Waals surface area contributed by atoms with E-state index in [9.17, 15) is 8.42 Å². The molecule has 2 aromatic rings. The molecule has 6 nitrogen and oxygen atoms in total. The number of fused-ring (bicyclic) bond motifs is 1. The fraction of sp³-hybridized carbons (Fsp3) is 0.471. The van der Waals surface area contributed by atoms with Gasteiger partial charge >= 0.3 is 0 Å². The van der Waals surface area contributed by atoms with Gasteiger partial charge in [0.05, 0.1) is 10.6 Å². The lowest BCUT2D eigenvalue weighted by atomic mass is 9.89. The monoisotopic (exact) mass is 348 g/mol. The number of benzene rings is 1. The second-order valence-corrected chi connectivity index (χ2v) is 9.00. The van der Waals surface area contributed by atoms with Gasteiger partial charge in [-0.05, 0) is 30.2 Å². The van der Waals surface area contributed by atoms with Gasteiger partial charge < -0.3 is 4.90 Å². The van der Waals surface area contributed by atoms with Crippen LogP contribution in [0.25, 0.3) is 0 Å². The van der Waals surface area contributed by atoms with Gasteiger partial charge in [0.2, 0.25) is 10.0 Å². The summed E-state index contributed by atoms with van der Waals surface area (Å²) in [5.74, 6) is 0. The van der Waals surface area contributed by atoms with E-state index in [1.165, 1.54) is 5.56 Å². The van der Waals surface area contributed by atoms with Crippen LogP contribution >= 0.6 is 0 Å². The Morgan fingerprint density at radius 2 is 2.00 bits per heavy atom. The Balaban J connectivity index is 1.91. The third kappa shape index (κ3) is 3.18. The number of hydrogen-bond donors (Lipinski definition) is 1. The minimum Gasteiger partial charge on any atom is -0.367 e. The molecular formula is C17H24N4O2S. The Morgan fingerprint density at radius 1 is 1.29 bits per heavy atom. The van der Waals surface area contributed by atoms with Crippen LogP contribution in [0.4, 0.5) is 5.69 Å². The molecule has 1 aliphatic heterocycles. The van der Waals surface area contributed by atoms with E-state index < -0.39 is 10.0 Å². The topological polar surface area (TPSA) is 81.2 Å². The predicted molar refractivity (Wildman–Crippen MR) is 94.5 cm³/mol. The predicted octanol–water partition coefficient (Wildman–Crippen LogP) is 1.93. The SMILES string of the molecule is Cn1cc(CN2CCc3cc(S(N)(=O)=O)ccc32)c(C(C)(C)C)n1. The lowest BCUT2D eigenvalue weighted by Crippen LogP contribution is -2.23. The molecule has 1 aromatic carbocycles. The second-order valence-electron chi connectivity index (χ2n) is 7.43. The zero-order valence-corrected chi connectivity index (χ0v) is 15.4. The number of nitrogens with zero attached hydrogens (tertiary/aromatic N) is 3. The zero-order chi connectivity index (χ0) is 17.7. The number of anilines is 1. The highest BCUT2D eigenvalue weighted by Gasteiger charge is 2.26. The summed E-state index contributed by atoms with van der Waals surface area (Å²) >= 11 is 0. The Kier molecular flexibility index (Phi) is 3.96. The van der Waals surface area contributed by atoms with Gasteiger partial charge in [-0.15, -0.1) is 0 Å². The van der Waals surface area contributed by atoms with Crippen molar-refractivity contribution in [1.82, 2.24) is 9.78 Å². The molecule has 0 radical (unpaired) electrons. The number of rotatable bonds is 3. The van der Waals surface area contributed by atoms with Crippen LogP contribution in [0.3, 0.4) is 0 Å². The molecule has 0 spiro atoms. The highest BCUT2D eigenvalue weighted by atomic mass is 32.2. The summed E-state index contributed by atoms with van der Waals surface area (Å²) < 4.78 is 24.9. The van der Waals surface area contributed by atoms with E-state index in [4.69, 9.17) is 5.14 Å². The van der Waals surface area contributed by atoms with Crippen LogP contribution in [0.5, 0.6) is 0 Å². The summed E-state index contributed by atoms with van der Waals surface area (Å²) in [5.41, 5.74) is 4.39. The second kappa shape index (κ2) is 5.60. The van der Waals surface area contributed by atoms with Crippen LogP contribution in [-0.2, 0) is 35.5 Å². The molecule has 1 aliphatic rings. The maximum absolute atomic E-state index is 11.5. The van der Waals surface area contributed by atoms with Crippen molar-refractivity contribution in [3.05, 3.63) is 41.2 Å². The largest absolute Gasteiger partial charge is 0.367 e. The molecule has 0 fully saturated rings. The molecule has 0 unspecified atom stereocenters. The first-order valence-electron chi connectivity index (χ1n) is 7.99. The number of nitrogens with two attached hydrogens (primary N) is 1. The van der Waals surface area contributed by atoms with Crippen molar-refractivity contribution in [1.29, 1.82) is 0 Å². The molecule has 2 heterocycles. The van der Waals surface area contributed by atoms with Gasteiger partial charge in [0.15, 0.2) is 0 Å². The zero-order valence-electron chi connectivity index (χ0n) is 14.6. The summed E-state index contributed by atoms with van der Waals surface area (Å²) in [6.45, 7) is 8.11. The highest BCUT2D eigenvalue weighted by Crippen LogP contribution is 2.33. The standard InChI is InChI=1S/C17H24N4O2S/c1-17(2,3)16-13(10-20(4)19-16)11-21-8-7-12-9-14(24(18,22)23)5-6-15(12)21/h5-6,9-10H,7-8,11H2,1-4H3,(H2,18,22,23). The summed E-state index contributed by atoms with van der Waals surface area (Å²) in [6, 6.07) is 5.13. The smallest absolute Gasteiger partial charge is 0.238 e. The Hall–Kier alpha value is -1.86. The first kappa shape index (κ1) is 17.0. The molecule has 24 heavy (non-hydrogen) atoms. The molecule has 0 saturated carbocycles. The van der Waals surface area contributed by atoms with Crippen molar-refractivity contribution in [3.63, 3.8) is 0 Å². The van der Waals surface area contributed by atoms with E-state index in [0.717, 1.165) is 36.5 Å². The normalized spacial score (nSPS) is 15.0. The van der Waals surface area contributed by atoms with E-state index in [1.54, 1.807) is 12.1 Å². The maximum Gasteiger partial charge on any atom is 0.238 e. The van der Waals surface area contributed by atoms with E-state index >= 15 is 0 Å². The Bertz CT molecular complexity index is 878. The number of aromatic nitrogens is 2. The van der Waals surface area contributed by atoms with Crippen molar-refractivity contribution in [2.75, 3.05) is 11.4 Å². The average Bonchev–Trinajstić information content (AvgIpc) is 3.01. The lowest BCUT2D eigenvalue weighted by Gasteiger charge is -2.23. The maximum atomic E-state index is 11.5. The Morgan fingerprint density at radius 3 is 2.62 bits per heavy atom. The van der Waals surface area contributed by atoms with Crippen molar-refractivity contribution in [2.24, 2.45) is 12.2 Å². The molecule has 0 saturated heterocycles. The van der Waals surface area contributed by atoms with Crippen molar-refractivity contribution < 1.29 is 8.42 Å². The molecule has 0 amide bonds. The minimum atomic E-state index is -3.66. The number of aryl methyl sites for hydroxylation is 1. The van der Waals surface area contributed by atoms with Crippen LogP contribution in [0.1, 0.15) is 37.6 Å². The summed E-state index contributed by atoms with van der Waals surface area (Å²) in [6.07, 6.45) is 2.89. The van der Waals surface area contributed by atoms with Crippen LogP contribution < -0.4 is 10.0 Å².